The summed E-state index contributed by atoms with van der Waals surface area (Å²) in [5, 5.41) is 0. The number of alkyl halides is 3. The van der Waals surface area contributed by atoms with E-state index in [1.165, 1.54) is 12.1 Å². The van der Waals surface area contributed by atoms with E-state index in [9.17, 15) is 13.2 Å². The number of rotatable bonds is 5. The lowest BCUT2D eigenvalue weighted by Gasteiger charge is -2.18. The molecule has 0 saturated carbocycles. The zero-order chi connectivity index (χ0) is 24.2. The molecular formula is C28H34F3N. The van der Waals surface area contributed by atoms with Gasteiger partial charge in [-0.2, -0.15) is 13.2 Å². The molecule has 0 aliphatic carbocycles. The van der Waals surface area contributed by atoms with Gasteiger partial charge in [0.15, 0.2) is 0 Å². The quantitative estimate of drug-likeness (QED) is 0.411. The minimum Gasteiger partial charge on any atom is -0.285 e. The summed E-state index contributed by atoms with van der Waals surface area (Å²) in [5.74, 6) is 0. The molecule has 0 amide bonds. The summed E-state index contributed by atoms with van der Waals surface area (Å²) in [5.41, 5.74) is 2.57. The second-order valence-electron chi connectivity index (χ2n) is 10.3. The third-order valence-electron chi connectivity index (χ3n) is 4.76. The van der Waals surface area contributed by atoms with Gasteiger partial charge in [-0.15, -0.1) is 0 Å². The predicted octanol–water partition coefficient (Wildman–Crippen LogP) is 8.83. The van der Waals surface area contributed by atoms with E-state index in [0.717, 1.165) is 11.1 Å². The molecule has 1 nitrogen and oxygen atoms in total. The molecule has 0 radical (unpaired) electrons. The van der Waals surface area contributed by atoms with E-state index < -0.39 is 11.7 Å². The average Bonchev–Trinajstić information content (AvgIpc) is 2.67. The van der Waals surface area contributed by atoms with Crippen molar-refractivity contribution < 1.29 is 13.2 Å². The molecule has 0 N–H and O–H groups in total. The van der Waals surface area contributed by atoms with Crippen molar-refractivity contribution in [3.8, 4) is 0 Å². The van der Waals surface area contributed by atoms with Crippen LogP contribution in [0.15, 0.2) is 59.6 Å². The zero-order valence-corrected chi connectivity index (χ0v) is 20.1. The molecule has 2 aromatic carbocycles. The van der Waals surface area contributed by atoms with Crippen LogP contribution in [0.3, 0.4) is 0 Å². The maximum Gasteiger partial charge on any atom is 0.416 e. The molecule has 0 unspecified atom stereocenters. The van der Waals surface area contributed by atoms with Crippen LogP contribution in [0, 0.1) is 10.8 Å². The molecule has 0 aliphatic rings. The summed E-state index contributed by atoms with van der Waals surface area (Å²) in [6.45, 7) is 14.5. The van der Waals surface area contributed by atoms with E-state index in [1.54, 1.807) is 12.2 Å². The molecule has 0 heterocycles. The number of allylic oxidation sites excluding steroid dienone is 2. The average molecular weight is 442 g/mol. The first-order valence-corrected chi connectivity index (χ1v) is 10.8. The fraction of sp³-hybridized carbons (Fsp3) is 0.393. The van der Waals surface area contributed by atoms with Gasteiger partial charge in [-0.3, -0.25) is 4.99 Å². The van der Waals surface area contributed by atoms with Crippen molar-refractivity contribution in [2.75, 3.05) is 0 Å². The Balaban J connectivity index is 2.72. The Labute approximate surface area is 190 Å². The Morgan fingerprint density at radius 3 is 1.69 bits per heavy atom. The van der Waals surface area contributed by atoms with Crippen LogP contribution in [0.1, 0.15) is 76.3 Å². The van der Waals surface area contributed by atoms with Crippen molar-refractivity contribution >= 4 is 17.9 Å². The molecule has 4 heteroatoms. The van der Waals surface area contributed by atoms with E-state index in [1.807, 2.05) is 91.0 Å². The first-order valence-electron chi connectivity index (χ1n) is 10.8. The zero-order valence-electron chi connectivity index (χ0n) is 20.1. The van der Waals surface area contributed by atoms with Crippen LogP contribution < -0.4 is 0 Å². The van der Waals surface area contributed by atoms with Crippen molar-refractivity contribution in [3.05, 3.63) is 82.4 Å². The van der Waals surface area contributed by atoms with E-state index in [-0.39, 0.29) is 10.8 Å². The second-order valence-corrected chi connectivity index (χ2v) is 10.3. The lowest BCUT2D eigenvalue weighted by Crippen LogP contribution is -2.11. The van der Waals surface area contributed by atoms with Gasteiger partial charge in [0.05, 0.1) is 12.1 Å². The number of hydrogen-bond donors (Lipinski definition) is 0. The fourth-order valence-electron chi connectivity index (χ4n) is 3.08. The van der Waals surface area contributed by atoms with Crippen LogP contribution >= 0.6 is 0 Å². The molecule has 0 aliphatic heterocycles. The molecule has 32 heavy (non-hydrogen) atoms. The van der Waals surface area contributed by atoms with E-state index >= 15 is 0 Å². The van der Waals surface area contributed by atoms with Crippen molar-refractivity contribution in [1.29, 1.82) is 0 Å². The second kappa shape index (κ2) is 9.89. The van der Waals surface area contributed by atoms with Gasteiger partial charge in [0.25, 0.3) is 0 Å². The van der Waals surface area contributed by atoms with Gasteiger partial charge < -0.3 is 0 Å². The van der Waals surface area contributed by atoms with Gasteiger partial charge in [0.2, 0.25) is 0 Å². The highest BCUT2D eigenvalue weighted by Crippen LogP contribution is 2.34. The molecule has 2 rings (SSSR count). The van der Waals surface area contributed by atoms with Crippen LogP contribution in [0.2, 0.25) is 0 Å². The lowest BCUT2D eigenvalue weighted by atomic mass is 9.89. The van der Waals surface area contributed by atoms with E-state index in [4.69, 9.17) is 4.99 Å². The maximum atomic E-state index is 13.7. The monoisotopic (exact) mass is 441 g/mol. The summed E-state index contributed by atoms with van der Waals surface area (Å²) in [4.78, 5) is 4.73. The molecule has 0 aromatic heterocycles. The summed E-state index contributed by atoms with van der Waals surface area (Å²) in [6, 6.07) is 12.3. The molecule has 0 atom stereocenters. The van der Waals surface area contributed by atoms with Crippen LogP contribution in [-0.4, -0.2) is 5.71 Å². The maximum absolute atomic E-state index is 13.7. The van der Waals surface area contributed by atoms with Gasteiger partial charge >= 0.3 is 6.18 Å². The Morgan fingerprint density at radius 2 is 1.28 bits per heavy atom. The van der Waals surface area contributed by atoms with Crippen molar-refractivity contribution in [2.45, 2.75) is 61.2 Å². The highest BCUT2D eigenvalue weighted by atomic mass is 19.4. The Hall–Kier alpha value is -2.62. The number of nitrogens with zero attached hydrogens (tertiary/aromatic N) is 1. The molecule has 2 aromatic rings. The summed E-state index contributed by atoms with van der Waals surface area (Å²) in [6.07, 6.45) is 3.03. The third-order valence-corrected chi connectivity index (χ3v) is 4.76. The molecule has 0 saturated heterocycles. The topological polar surface area (TPSA) is 12.4 Å². The number of aliphatic imine (C=N–C) groups is 1. The Bertz CT molecular complexity index is 951. The van der Waals surface area contributed by atoms with Crippen molar-refractivity contribution in [1.82, 2.24) is 0 Å². The SMILES string of the molecule is CC(=NCc1ccccc1)c1c(/C=C/C(C)(C)C)cc(C(F)(F)F)cc1/C=C/C(C)(C)C. The predicted molar refractivity (Wildman–Crippen MR) is 131 cm³/mol. The van der Waals surface area contributed by atoms with Gasteiger partial charge in [-0.1, -0.05) is 96.2 Å². The van der Waals surface area contributed by atoms with Gasteiger partial charge in [0, 0.05) is 11.3 Å². The largest absolute Gasteiger partial charge is 0.416 e. The van der Waals surface area contributed by atoms with Crippen molar-refractivity contribution in [3.63, 3.8) is 0 Å². The minimum absolute atomic E-state index is 0.165. The van der Waals surface area contributed by atoms with Crippen LogP contribution in [0.4, 0.5) is 13.2 Å². The minimum atomic E-state index is -4.43. The van der Waals surface area contributed by atoms with Crippen LogP contribution in [0.25, 0.3) is 12.2 Å². The summed E-state index contributed by atoms with van der Waals surface area (Å²) < 4.78 is 41.2. The number of hydrogen-bond acceptors (Lipinski definition) is 1. The van der Waals surface area contributed by atoms with Gasteiger partial charge in [-0.25, -0.2) is 0 Å². The standard InChI is InChI=1S/C28H34F3N/c1-20(32-19-21-11-9-8-10-12-21)25-22(13-15-26(2,3)4)17-24(28(29,30)31)18-23(25)14-16-27(5,6)7/h8-18H,19H2,1-7H3/b15-13+,16-14+,32-20?. The molecule has 0 spiro atoms. The summed E-state index contributed by atoms with van der Waals surface area (Å²) in [7, 11) is 0. The molecule has 0 bridgehead atoms. The normalized spacial score (nSPS) is 14.0. The van der Waals surface area contributed by atoms with E-state index in [2.05, 4.69) is 0 Å². The lowest BCUT2D eigenvalue weighted by molar-refractivity contribution is -0.137. The molecule has 0 fully saturated rings. The molecule has 172 valence electrons. The van der Waals surface area contributed by atoms with Gasteiger partial charge in [0.1, 0.15) is 0 Å². The number of benzene rings is 2. The summed E-state index contributed by atoms with van der Waals surface area (Å²) >= 11 is 0. The van der Waals surface area contributed by atoms with Gasteiger partial charge in [-0.05, 0) is 46.6 Å². The Morgan fingerprint density at radius 1 is 0.812 bits per heavy atom. The number of halogens is 3. The third kappa shape index (κ3) is 8.14. The smallest absolute Gasteiger partial charge is 0.285 e. The molecular weight excluding hydrogens is 407 g/mol. The fourth-order valence-corrected chi connectivity index (χ4v) is 3.08. The van der Waals surface area contributed by atoms with Crippen LogP contribution in [-0.2, 0) is 12.7 Å². The highest BCUT2D eigenvalue weighted by Gasteiger charge is 2.32. The first kappa shape index (κ1) is 25.6. The first-order chi connectivity index (χ1) is 14.7. The highest BCUT2D eigenvalue weighted by molar-refractivity contribution is 6.05. The Kier molecular flexibility index (Phi) is 7.92. The van der Waals surface area contributed by atoms with Crippen LogP contribution in [0.5, 0.6) is 0 Å². The van der Waals surface area contributed by atoms with E-state index in [0.29, 0.717) is 23.4 Å². The van der Waals surface area contributed by atoms with Crippen molar-refractivity contribution in [2.24, 2.45) is 15.8 Å².